The van der Waals surface area contributed by atoms with Crippen LogP contribution in [0.25, 0.3) is 10.9 Å². The number of benzene rings is 3. The average Bonchev–Trinajstić information content (AvgIpc) is 3.19. The largest absolute Gasteiger partial charge is 0.494 e. The Hall–Kier alpha value is -4.43. The Morgan fingerprint density at radius 2 is 1.70 bits per heavy atom. The minimum Gasteiger partial charge on any atom is -0.494 e. The molecule has 0 unspecified atom stereocenters. The zero-order valence-electron chi connectivity index (χ0n) is 21.1. The van der Waals surface area contributed by atoms with Gasteiger partial charge < -0.3 is 25.4 Å². The van der Waals surface area contributed by atoms with E-state index in [0.717, 1.165) is 18.5 Å². The second-order valence-electron chi connectivity index (χ2n) is 9.15. The van der Waals surface area contributed by atoms with Gasteiger partial charge in [-0.15, -0.1) is 0 Å². The first kappa shape index (κ1) is 25.7. The van der Waals surface area contributed by atoms with Gasteiger partial charge in [-0.05, 0) is 75.9 Å². The van der Waals surface area contributed by atoms with Gasteiger partial charge >= 0.3 is 5.97 Å². The summed E-state index contributed by atoms with van der Waals surface area (Å²) < 4.78 is 0. The molecular formula is C29H30N4O4. The Bertz CT molecular complexity index is 1460. The summed E-state index contributed by atoms with van der Waals surface area (Å²) in [6.45, 7) is 3.21. The number of nitrogens with zero attached hydrogens (tertiary/aromatic N) is 2. The highest BCUT2D eigenvalue weighted by molar-refractivity contribution is 6.22. The zero-order valence-corrected chi connectivity index (χ0v) is 21.1. The van der Waals surface area contributed by atoms with Crippen molar-refractivity contribution in [3.63, 3.8) is 0 Å². The molecule has 37 heavy (non-hydrogen) atoms. The number of aromatic hydroxyl groups is 1. The number of carbonyl (C=O) groups excluding carboxylic acids is 1. The third-order valence-corrected chi connectivity index (χ3v) is 6.08. The smallest absolute Gasteiger partial charge is 0.336 e. The number of aromatic carboxylic acids is 1. The van der Waals surface area contributed by atoms with Gasteiger partial charge in [0, 0.05) is 28.6 Å². The minimum absolute atomic E-state index is 0.103. The van der Waals surface area contributed by atoms with Gasteiger partial charge in [0.25, 0.3) is 5.91 Å². The van der Waals surface area contributed by atoms with Crippen LogP contribution in [-0.2, 0) is 0 Å². The molecule has 190 valence electrons. The van der Waals surface area contributed by atoms with Crippen LogP contribution in [0.15, 0.2) is 71.7 Å². The highest BCUT2D eigenvalue weighted by Gasteiger charge is 2.21. The summed E-state index contributed by atoms with van der Waals surface area (Å²) >= 11 is 0. The Morgan fingerprint density at radius 1 is 1.00 bits per heavy atom. The van der Waals surface area contributed by atoms with Crippen LogP contribution in [0, 0.1) is 6.92 Å². The number of fused-ring (bicyclic) bond motifs is 1. The van der Waals surface area contributed by atoms with Crippen molar-refractivity contribution in [2.45, 2.75) is 13.3 Å². The van der Waals surface area contributed by atoms with Gasteiger partial charge in [-0.25, -0.2) is 9.79 Å². The summed E-state index contributed by atoms with van der Waals surface area (Å²) in [4.78, 5) is 33.9. The van der Waals surface area contributed by atoms with Crippen molar-refractivity contribution >= 4 is 34.2 Å². The molecule has 0 aliphatic rings. The zero-order chi connectivity index (χ0) is 26.5. The Balaban J connectivity index is 1.71. The number of rotatable bonds is 9. The van der Waals surface area contributed by atoms with E-state index < -0.39 is 5.97 Å². The molecule has 1 amide bonds. The molecule has 0 bridgehead atoms. The van der Waals surface area contributed by atoms with Gasteiger partial charge in [-0.2, -0.15) is 0 Å². The standard InChI is InChI=1S/C29H30N4O4/c1-18-16-23-24(17-22(18)29(36)37)32-28(35)25(23)26(19-8-5-4-6-9-19)31-21-12-10-20(11-13-21)27(34)30-14-7-15-33(2)3/h4-6,8-13,16-17,32,35H,7,14-15H2,1-3H3,(H,30,34)(H,36,37). The molecular weight excluding hydrogens is 468 g/mol. The maximum Gasteiger partial charge on any atom is 0.336 e. The first-order valence-corrected chi connectivity index (χ1v) is 12.0. The first-order valence-electron chi connectivity index (χ1n) is 12.0. The molecule has 4 aromatic rings. The van der Waals surface area contributed by atoms with Crippen LogP contribution < -0.4 is 5.32 Å². The summed E-state index contributed by atoms with van der Waals surface area (Å²) in [5, 5.41) is 24.0. The summed E-state index contributed by atoms with van der Waals surface area (Å²) in [5.41, 5.74) is 4.16. The van der Waals surface area contributed by atoms with Crippen LogP contribution in [0.1, 0.15) is 43.8 Å². The highest BCUT2D eigenvalue weighted by Crippen LogP contribution is 2.33. The number of nitrogens with one attached hydrogen (secondary N) is 2. The van der Waals surface area contributed by atoms with Crippen LogP contribution in [-0.4, -0.2) is 64.9 Å². The molecule has 0 saturated heterocycles. The van der Waals surface area contributed by atoms with Crippen molar-refractivity contribution in [2.24, 2.45) is 4.99 Å². The van der Waals surface area contributed by atoms with Crippen LogP contribution in [0.5, 0.6) is 5.88 Å². The number of carbonyl (C=O) groups is 2. The number of amides is 1. The van der Waals surface area contributed by atoms with E-state index in [9.17, 15) is 19.8 Å². The summed E-state index contributed by atoms with van der Waals surface area (Å²) in [6.07, 6.45) is 0.864. The fourth-order valence-corrected chi connectivity index (χ4v) is 4.18. The summed E-state index contributed by atoms with van der Waals surface area (Å²) in [6, 6.07) is 19.7. The van der Waals surface area contributed by atoms with Crippen molar-refractivity contribution < 1.29 is 19.8 Å². The molecule has 3 aromatic carbocycles. The maximum atomic E-state index is 12.5. The molecule has 0 saturated carbocycles. The molecule has 4 rings (SSSR count). The summed E-state index contributed by atoms with van der Waals surface area (Å²) in [7, 11) is 3.99. The lowest BCUT2D eigenvalue weighted by Crippen LogP contribution is -2.27. The van der Waals surface area contributed by atoms with E-state index in [-0.39, 0.29) is 17.4 Å². The molecule has 0 fully saturated rings. The number of hydrogen-bond donors (Lipinski definition) is 4. The van der Waals surface area contributed by atoms with Crippen LogP contribution in [0.3, 0.4) is 0 Å². The fraction of sp³-hybridized carbons (Fsp3) is 0.207. The quantitative estimate of drug-likeness (QED) is 0.197. The fourth-order valence-electron chi connectivity index (χ4n) is 4.18. The molecule has 1 aromatic heterocycles. The van der Waals surface area contributed by atoms with Gasteiger partial charge in [0.05, 0.1) is 22.5 Å². The maximum absolute atomic E-state index is 12.5. The van der Waals surface area contributed by atoms with Crippen LogP contribution in [0.4, 0.5) is 5.69 Å². The number of H-pyrrole nitrogens is 1. The van der Waals surface area contributed by atoms with Gasteiger partial charge in [-0.1, -0.05) is 30.3 Å². The Labute approximate surface area is 215 Å². The molecule has 0 atom stereocenters. The number of hydrogen-bond acceptors (Lipinski definition) is 5. The van der Waals surface area contributed by atoms with Gasteiger partial charge in [-0.3, -0.25) is 4.79 Å². The molecule has 0 aliphatic heterocycles. The number of aromatic nitrogens is 1. The van der Waals surface area contributed by atoms with Crippen molar-refractivity contribution in [2.75, 3.05) is 27.2 Å². The normalized spacial score (nSPS) is 11.7. The molecule has 0 aliphatic carbocycles. The van der Waals surface area contributed by atoms with E-state index in [0.29, 0.717) is 45.5 Å². The topological polar surface area (TPSA) is 118 Å². The second kappa shape index (κ2) is 11.1. The van der Waals surface area contributed by atoms with E-state index >= 15 is 0 Å². The lowest BCUT2D eigenvalue weighted by atomic mass is 9.98. The van der Waals surface area contributed by atoms with Crippen LogP contribution >= 0.6 is 0 Å². The number of carboxylic acids is 1. The predicted octanol–water partition coefficient (Wildman–Crippen LogP) is 4.73. The lowest BCUT2D eigenvalue weighted by molar-refractivity contribution is 0.0696. The molecule has 8 heteroatoms. The number of aliphatic imine (C=N–C) groups is 1. The molecule has 0 spiro atoms. The molecule has 1 heterocycles. The number of carboxylic acid groups (broad SMARTS) is 1. The van der Waals surface area contributed by atoms with Gasteiger partial charge in [0.2, 0.25) is 0 Å². The minimum atomic E-state index is -1.03. The monoisotopic (exact) mass is 498 g/mol. The Kier molecular flexibility index (Phi) is 7.69. The second-order valence-corrected chi connectivity index (χ2v) is 9.15. The number of aromatic amines is 1. The van der Waals surface area contributed by atoms with E-state index in [1.54, 1.807) is 37.3 Å². The molecule has 8 nitrogen and oxygen atoms in total. The third kappa shape index (κ3) is 5.87. The average molecular weight is 499 g/mol. The Morgan fingerprint density at radius 3 is 2.35 bits per heavy atom. The summed E-state index contributed by atoms with van der Waals surface area (Å²) in [5.74, 6) is -1.28. The van der Waals surface area contributed by atoms with Crippen molar-refractivity contribution in [1.82, 2.24) is 15.2 Å². The lowest BCUT2D eigenvalue weighted by Gasteiger charge is -2.10. The highest BCUT2D eigenvalue weighted by atomic mass is 16.4. The number of aryl methyl sites for hydroxylation is 1. The first-order chi connectivity index (χ1) is 17.7. The van der Waals surface area contributed by atoms with E-state index in [1.165, 1.54) is 6.07 Å². The molecule has 0 radical (unpaired) electrons. The van der Waals surface area contributed by atoms with Crippen molar-refractivity contribution in [3.05, 3.63) is 94.5 Å². The van der Waals surface area contributed by atoms with E-state index in [4.69, 9.17) is 4.99 Å². The van der Waals surface area contributed by atoms with Crippen molar-refractivity contribution in [1.29, 1.82) is 0 Å². The van der Waals surface area contributed by atoms with Gasteiger partial charge in [0.15, 0.2) is 5.88 Å². The predicted molar refractivity (Wildman–Crippen MR) is 145 cm³/mol. The molecule has 4 N–H and O–H groups in total. The van der Waals surface area contributed by atoms with Crippen molar-refractivity contribution in [3.8, 4) is 5.88 Å². The van der Waals surface area contributed by atoms with E-state index in [1.807, 2.05) is 44.4 Å². The third-order valence-electron chi connectivity index (χ3n) is 6.08. The van der Waals surface area contributed by atoms with Gasteiger partial charge in [0.1, 0.15) is 0 Å². The van der Waals surface area contributed by atoms with Crippen LogP contribution in [0.2, 0.25) is 0 Å². The SMILES string of the molecule is Cc1cc2c(C(=Nc3ccc(C(=O)NCCCN(C)C)cc3)c3ccccc3)c(O)[nH]c2cc1C(=O)O. The van der Waals surface area contributed by atoms with E-state index in [2.05, 4.69) is 15.2 Å².